The number of rotatable bonds is 41. The molecule has 0 fully saturated rings. The van der Waals surface area contributed by atoms with E-state index in [0.717, 1.165) is 38.5 Å². The zero-order valence-corrected chi connectivity index (χ0v) is 36.2. The van der Waals surface area contributed by atoms with E-state index in [1.165, 1.54) is 154 Å². The molecule has 0 radical (unpaired) electrons. The number of aliphatic hydroxyl groups excluding tert-OH is 1. The van der Waals surface area contributed by atoms with E-state index in [9.17, 15) is 19.4 Å². The van der Waals surface area contributed by atoms with Crippen LogP contribution in [0.3, 0.4) is 0 Å². The number of quaternary nitrogens is 1. The molecule has 8 nitrogen and oxygen atoms in total. The Morgan fingerprint density at radius 3 is 1.29 bits per heavy atom. The van der Waals surface area contributed by atoms with E-state index < -0.39 is 20.0 Å². The third-order valence-electron chi connectivity index (χ3n) is 10.4. The highest BCUT2D eigenvalue weighted by atomic mass is 31.2. The monoisotopic (exact) mass is 762 g/mol. The first-order valence-corrected chi connectivity index (χ1v) is 23.9. The van der Waals surface area contributed by atoms with Crippen LogP contribution in [-0.4, -0.2) is 73.4 Å². The topological polar surface area (TPSA) is 105 Å². The summed E-state index contributed by atoms with van der Waals surface area (Å²) in [5.41, 5.74) is 0. The number of phosphoric ester groups is 1. The fourth-order valence-electron chi connectivity index (χ4n) is 6.75. The van der Waals surface area contributed by atoms with E-state index in [-0.39, 0.29) is 19.1 Å². The zero-order chi connectivity index (χ0) is 38.6. The van der Waals surface area contributed by atoms with Gasteiger partial charge in [0.25, 0.3) is 0 Å². The summed E-state index contributed by atoms with van der Waals surface area (Å²) < 4.78 is 23.6. The molecule has 1 unspecified atom stereocenters. The van der Waals surface area contributed by atoms with Crippen LogP contribution in [0, 0.1) is 0 Å². The third kappa shape index (κ3) is 37.8. The fourth-order valence-corrected chi connectivity index (χ4v) is 7.49. The second-order valence-electron chi connectivity index (χ2n) is 16.8. The van der Waals surface area contributed by atoms with Gasteiger partial charge in [0.15, 0.2) is 0 Å². The number of carbonyl (C=O) groups excluding carboxylic acids is 1. The lowest BCUT2D eigenvalue weighted by Crippen LogP contribution is -2.46. The van der Waals surface area contributed by atoms with Gasteiger partial charge in [-0.05, 0) is 12.8 Å². The lowest BCUT2D eigenvalue weighted by molar-refractivity contribution is -0.870. The Kier molecular flexibility index (Phi) is 35.8. The lowest BCUT2D eigenvalue weighted by atomic mass is 10.0. The van der Waals surface area contributed by atoms with Gasteiger partial charge in [0.05, 0.1) is 39.9 Å². The second kappa shape index (κ2) is 36.2. The predicted molar refractivity (Wildman–Crippen MR) is 222 cm³/mol. The van der Waals surface area contributed by atoms with Crippen LogP contribution in [0.4, 0.5) is 0 Å². The van der Waals surface area contributed by atoms with Crippen molar-refractivity contribution in [1.82, 2.24) is 5.32 Å². The molecule has 0 spiro atoms. The van der Waals surface area contributed by atoms with Gasteiger partial charge in [-0.25, -0.2) is 4.57 Å². The molecule has 0 saturated carbocycles. The molecule has 3 atom stereocenters. The van der Waals surface area contributed by atoms with Crippen molar-refractivity contribution in [2.45, 2.75) is 231 Å². The molecule has 0 rings (SSSR count). The first-order valence-electron chi connectivity index (χ1n) is 22.4. The molecule has 0 heterocycles. The van der Waals surface area contributed by atoms with Crippen LogP contribution in [0.2, 0.25) is 0 Å². The van der Waals surface area contributed by atoms with Crippen molar-refractivity contribution in [1.29, 1.82) is 0 Å². The van der Waals surface area contributed by atoms with Crippen molar-refractivity contribution in [3.8, 4) is 0 Å². The standard InChI is InChI=1S/C43H89N2O6P/c1-6-8-10-12-14-16-18-20-22-23-24-26-28-30-32-34-36-42(46)41(40-51-52(48,49)50-39-38-45(3,4)5)44-43(47)37-35-33-31-29-27-25-21-19-17-15-13-11-9-7-2/h41-42,46H,6-40H2,1-5H3,(H-,44,47,48,49)/p+1/t41-,42+/m0/s1. The van der Waals surface area contributed by atoms with Gasteiger partial charge in [-0.1, -0.05) is 200 Å². The number of nitrogens with zero attached hydrogens (tertiary/aromatic N) is 1. The molecule has 0 bridgehead atoms. The van der Waals surface area contributed by atoms with E-state index in [4.69, 9.17) is 9.05 Å². The summed E-state index contributed by atoms with van der Waals surface area (Å²) in [6.07, 6.45) is 38.3. The van der Waals surface area contributed by atoms with Gasteiger partial charge < -0.3 is 19.8 Å². The number of hydrogen-bond donors (Lipinski definition) is 3. The average molecular weight is 762 g/mol. The minimum absolute atomic E-state index is 0.0785. The van der Waals surface area contributed by atoms with Crippen molar-refractivity contribution >= 4 is 13.7 Å². The maximum atomic E-state index is 12.9. The fraction of sp³-hybridized carbons (Fsp3) is 0.977. The van der Waals surface area contributed by atoms with Crippen molar-refractivity contribution in [3.63, 3.8) is 0 Å². The molecule has 1 amide bonds. The van der Waals surface area contributed by atoms with Crippen molar-refractivity contribution in [3.05, 3.63) is 0 Å². The van der Waals surface area contributed by atoms with Crippen LogP contribution in [0.25, 0.3) is 0 Å². The molecule has 0 aromatic rings. The normalized spacial score (nSPS) is 14.4. The summed E-state index contributed by atoms with van der Waals surface area (Å²) in [7, 11) is 1.63. The Morgan fingerprint density at radius 2 is 0.923 bits per heavy atom. The molecule has 0 aromatic carbocycles. The molecular formula is C43H90N2O6P+. The first-order chi connectivity index (χ1) is 25.0. The minimum atomic E-state index is -4.30. The number of carbonyl (C=O) groups is 1. The molecule has 9 heteroatoms. The number of likely N-dealkylation sites (N-methyl/N-ethyl adjacent to an activating group) is 1. The Bertz CT molecular complexity index is 824. The molecule has 52 heavy (non-hydrogen) atoms. The summed E-state index contributed by atoms with van der Waals surface area (Å²) in [5.74, 6) is -0.141. The van der Waals surface area contributed by atoms with E-state index in [1.807, 2.05) is 21.1 Å². The zero-order valence-electron chi connectivity index (χ0n) is 35.3. The first kappa shape index (κ1) is 51.5. The Balaban J connectivity index is 4.34. The van der Waals surface area contributed by atoms with Crippen molar-refractivity contribution in [2.24, 2.45) is 0 Å². The summed E-state index contributed by atoms with van der Waals surface area (Å²) >= 11 is 0. The largest absolute Gasteiger partial charge is 0.472 e. The summed E-state index contributed by atoms with van der Waals surface area (Å²) in [4.78, 5) is 23.1. The molecule has 0 aliphatic heterocycles. The van der Waals surface area contributed by atoms with E-state index in [1.54, 1.807) is 0 Å². The maximum Gasteiger partial charge on any atom is 0.472 e. The van der Waals surface area contributed by atoms with Gasteiger partial charge in [-0.3, -0.25) is 13.8 Å². The van der Waals surface area contributed by atoms with Gasteiger partial charge in [-0.15, -0.1) is 0 Å². The number of hydrogen-bond acceptors (Lipinski definition) is 5. The highest BCUT2D eigenvalue weighted by Gasteiger charge is 2.28. The van der Waals surface area contributed by atoms with Crippen LogP contribution in [0.5, 0.6) is 0 Å². The summed E-state index contributed by atoms with van der Waals surface area (Å²) in [6.45, 7) is 4.90. The number of phosphoric acid groups is 1. The predicted octanol–water partition coefficient (Wildman–Crippen LogP) is 12.2. The minimum Gasteiger partial charge on any atom is -0.391 e. The smallest absolute Gasteiger partial charge is 0.391 e. The van der Waals surface area contributed by atoms with Crippen molar-refractivity contribution < 1.29 is 32.9 Å². The summed E-state index contributed by atoms with van der Waals surface area (Å²) in [6, 6.07) is -0.752. The molecule has 3 N–H and O–H groups in total. The molecule has 0 aromatic heterocycles. The Morgan fingerprint density at radius 1 is 0.577 bits per heavy atom. The third-order valence-corrected chi connectivity index (χ3v) is 11.3. The number of amides is 1. The van der Waals surface area contributed by atoms with Crippen LogP contribution < -0.4 is 5.32 Å². The Labute approximate surface area is 323 Å². The quantitative estimate of drug-likeness (QED) is 0.0325. The molecule has 312 valence electrons. The van der Waals surface area contributed by atoms with Gasteiger partial charge in [0.1, 0.15) is 13.2 Å². The molecular weight excluding hydrogens is 671 g/mol. The number of unbranched alkanes of at least 4 members (excludes halogenated alkanes) is 28. The van der Waals surface area contributed by atoms with Gasteiger partial charge >= 0.3 is 7.82 Å². The summed E-state index contributed by atoms with van der Waals surface area (Å²) in [5, 5.41) is 14.0. The number of aliphatic hydroxyl groups is 1. The molecule has 0 aliphatic rings. The van der Waals surface area contributed by atoms with Crippen LogP contribution >= 0.6 is 7.82 Å². The maximum absolute atomic E-state index is 12.9. The lowest BCUT2D eigenvalue weighted by Gasteiger charge is -2.26. The van der Waals surface area contributed by atoms with E-state index in [0.29, 0.717) is 23.9 Å². The van der Waals surface area contributed by atoms with Crippen LogP contribution in [0.1, 0.15) is 219 Å². The van der Waals surface area contributed by atoms with Crippen LogP contribution in [0.15, 0.2) is 0 Å². The van der Waals surface area contributed by atoms with E-state index >= 15 is 0 Å². The van der Waals surface area contributed by atoms with Crippen LogP contribution in [-0.2, 0) is 18.4 Å². The van der Waals surface area contributed by atoms with Gasteiger partial charge in [-0.2, -0.15) is 0 Å². The highest BCUT2D eigenvalue weighted by Crippen LogP contribution is 2.43. The Hall–Kier alpha value is -0.500. The van der Waals surface area contributed by atoms with Gasteiger partial charge in [0.2, 0.25) is 5.91 Å². The molecule has 0 aliphatic carbocycles. The number of nitrogens with one attached hydrogen (secondary N) is 1. The molecule has 0 saturated heterocycles. The highest BCUT2D eigenvalue weighted by molar-refractivity contribution is 7.47. The van der Waals surface area contributed by atoms with Crippen molar-refractivity contribution in [2.75, 3.05) is 40.9 Å². The SMILES string of the molecule is CCCCCCCCCCCCCCCCCC[C@@H](O)[C@H](COP(=O)(O)OCC[N+](C)(C)C)NC(=O)CCCCCCCCCCCCCCCC. The average Bonchev–Trinajstić information content (AvgIpc) is 3.09. The van der Waals surface area contributed by atoms with E-state index in [2.05, 4.69) is 19.2 Å². The second-order valence-corrected chi connectivity index (χ2v) is 18.2. The van der Waals surface area contributed by atoms with Gasteiger partial charge in [0, 0.05) is 6.42 Å².